The van der Waals surface area contributed by atoms with Crippen LogP contribution in [0.4, 0.5) is 5.69 Å². The van der Waals surface area contributed by atoms with Crippen molar-refractivity contribution in [2.75, 3.05) is 11.4 Å². The number of thiocarbonyl (C=S) groups is 1. The van der Waals surface area contributed by atoms with Gasteiger partial charge in [-0.15, -0.1) is 0 Å². The summed E-state index contributed by atoms with van der Waals surface area (Å²) in [5, 5.41) is 0. The van der Waals surface area contributed by atoms with Gasteiger partial charge >= 0.3 is 0 Å². The molecule has 0 saturated heterocycles. The fourth-order valence-electron chi connectivity index (χ4n) is 2.69. The lowest BCUT2D eigenvalue weighted by Gasteiger charge is -2.32. The van der Waals surface area contributed by atoms with Crippen LogP contribution in [0.25, 0.3) is 0 Å². The summed E-state index contributed by atoms with van der Waals surface area (Å²) in [4.78, 5) is 14.9. The van der Waals surface area contributed by atoms with Crippen LogP contribution in [-0.2, 0) is 11.2 Å². The third kappa shape index (κ3) is 1.63. The lowest BCUT2D eigenvalue weighted by atomic mass is 9.98. The van der Waals surface area contributed by atoms with Crippen molar-refractivity contribution in [1.29, 1.82) is 0 Å². The standard InChI is InChI=1S/C14H16N2OS/c15-12(18)14(7-8-14)13(17)16-9-3-5-10-4-1-2-6-11(10)16/h1-2,4,6H,3,5,7-9H2,(H2,15,18). The van der Waals surface area contributed by atoms with E-state index in [9.17, 15) is 4.79 Å². The van der Waals surface area contributed by atoms with Crippen molar-refractivity contribution in [3.8, 4) is 0 Å². The molecule has 1 saturated carbocycles. The number of nitrogens with zero attached hydrogens (tertiary/aromatic N) is 1. The van der Waals surface area contributed by atoms with Gasteiger partial charge in [0.15, 0.2) is 0 Å². The first-order valence-electron chi connectivity index (χ1n) is 6.35. The number of aryl methyl sites for hydroxylation is 1. The summed E-state index contributed by atoms with van der Waals surface area (Å²) >= 11 is 5.07. The second-order valence-corrected chi connectivity index (χ2v) is 5.58. The summed E-state index contributed by atoms with van der Waals surface area (Å²) in [5.74, 6) is 0.0992. The number of carbonyl (C=O) groups is 1. The van der Waals surface area contributed by atoms with E-state index >= 15 is 0 Å². The second-order valence-electron chi connectivity index (χ2n) is 5.14. The molecule has 1 amide bonds. The number of hydrogen-bond donors (Lipinski definition) is 1. The van der Waals surface area contributed by atoms with Gasteiger partial charge in [0.25, 0.3) is 0 Å². The van der Waals surface area contributed by atoms with E-state index in [1.807, 2.05) is 23.1 Å². The molecule has 0 aromatic heterocycles. The molecule has 1 aromatic carbocycles. The topological polar surface area (TPSA) is 46.3 Å². The number of anilines is 1. The van der Waals surface area contributed by atoms with E-state index in [2.05, 4.69) is 6.07 Å². The molecule has 3 rings (SSSR count). The van der Waals surface area contributed by atoms with Gasteiger partial charge in [0.1, 0.15) is 0 Å². The number of carbonyl (C=O) groups excluding carboxylic acids is 1. The average Bonchev–Trinajstić information content (AvgIpc) is 3.19. The van der Waals surface area contributed by atoms with Gasteiger partial charge in [-0.3, -0.25) is 4.79 Å². The number of hydrogen-bond acceptors (Lipinski definition) is 2. The maximum absolute atomic E-state index is 12.6. The van der Waals surface area contributed by atoms with Gasteiger partial charge in [0.05, 0.1) is 10.4 Å². The van der Waals surface area contributed by atoms with Crippen molar-refractivity contribution >= 4 is 28.8 Å². The molecule has 0 spiro atoms. The van der Waals surface area contributed by atoms with Crippen LogP contribution >= 0.6 is 12.2 Å². The zero-order valence-electron chi connectivity index (χ0n) is 10.2. The number of para-hydroxylation sites is 1. The molecular weight excluding hydrogens is 244 g/mol. The first-order chi connectivity index (χ1) is 8.65. The molecule has 2 N–H and O–H groups in total. The lowest BCUT2D eigenvalue weighted by Crippen LogP contribution is -2.45. The van der Waals surface area contributed by atoms with E-state index in [-0.39, 0.29) is 5.91 Å². The van der Waals surface area contributed by atoms with Gasteiger partial charge < -0.3 is 10.6 Å². The summed E-state index contributed by atoms with van der Waals surface area (Å²) in [7, 11) is 0. The molecule has 0 bridgehead atoms. The van der Waals surface area contributed by atoms with Crippen LogP contribution in [0.1, 0.15) is 24.8 Å². The highest BCUT2D eigenvalue weighted by atomic mass is 32.1. The molecule has 0 unspecified atom stereocenters. The van der Waals surface area contributed by atoms with Crippen LogP contribution in [0.5, 0.6) is 0 Å². The van der Waals surface area contributed by atoms with Crippen molar-refractivity contribution in [2.45, 2.75) is 25.7 Å². The molecule has 4 heteroatoms. The third-order valence-corrected chi connectivity index (χ3v) is 4.38. The van der Waals surface area contributed by atoms with Gasteiger partial charge in [0.2, 0.25) is 5.91 Å². The van der Waals surface area contributed by atoms with E-state index in [1.54, 1.807) is 0 Å². The SMILES string of the molecule is NC(=S)C1(C(=O)N2CCCc3ccccc32)CC1. The molecule has 0 atom stereocenters. The predicted octanol–water partition coefficient (Wildman–Crippen LogP) is 2.03. The minimum Gasteiger partial charge on any atom is -0.392 e. The Morgan fingerprint density at radius 2 is 2.06 bits per heavy atom. The lowest BCUT2D eigenvalue weighted by molar-refractivity contribution is -0.121. The zero-order valence-corrected chi connectivity index (χ0v) is 11.0. The Morgan fingerprint density at radius 3 is 2.72 bits per heavy atom. The van der Waals surface area contributed by atoms with Gasteiger partial charge in [-0.25, -0.2) is 0 Å². The highest BCUT2D eigenvalue weighted by Crippen LogP contribution is 2.48. The van der Waals surface area contributed by atoms with Gasteiger partial charge in [-0.1, -0.05) is 30.4 Å². The Labute approximate surface area is 112 Å². The average molecular weight is 260 g/mol. The quantitative estimate of drug-likeness (QED) is 0.828. The van der Waals surface area contributed by atoms with E-state index in [0.717, 1.165) is 37.9 Å². The van der Waals surface area contributed by atoms with Crippen molar-refractivity contribution in [3.63, 3.8) is 0 Å². The number of benzene rings is 1. The van der Waals surface area contributed by atoms with Crippen molar-refractivity contribution in [1.82, 2.24) is 0 Å². The largest absolute Gasteiger partial charge is 0.392 e. The Kier molecular flexibility index (Phi) is 2.63. The van der Waals surface area contributed by atoms with Crippen molar-refractivity contribution < 1.29 is 4.79 Å². The minimum absolute atomic E-state index is 0.0992. The molecule has 3 nitrogen and oxygen atoms in total. The highest BCUT2D eigenvalue weighted by molar-refractivity contribution is 7.80. The molecule has 0 radical (unpaired) electrons. The summed E-state index contributed by atoms with van der Waals surface area (Å²) in [5.41, 5.74) is 7.49. The summed E-state index contributed by atoms with van der Waals surface area (Å²) < 4.78 is 0. The monoisotopic (exact) mass is 260 g/mol. The smallest absolute Gasteiger partial charge is 0.240 e. The number of amides is 1. The molecule has 94 valence electrons. The van der Waals surface area contributed by atoms with E-state index in [0.29, 0.717) is 4.99 Å². The van der Waals surface area contributed by atoms with Gasteiger partial charge in [-0.2, -0.15) is 0 Å². The van der Waals surface area contributed by atoms with E-state index in [4.69, 9.17) is 18.0 Å². The van der Waals surface area contributed by atoms with Crippen LogP contribution in [-0.4, -0.2) is 17.4 Å². The molecule has 1 aliphatic heterocycles. The molecular formula is C14H16N2OS. The zero-order chi connectivity index (χ0) is 12.8. The van der Waals surface area contributed by atoms with Crippen LogP contribution in [0.2, 0.25) is 0 Å². The van der Waals surface area contributed by atoms with Crippen molar-refractivity contribution in [3.05, 3.63) is 29.8 Å². The molecule has 18 heavy (non-hydrogen) atoms. The fraction of sp³-hybridized carbons (Fsp3) is 0.429. The Morgan fingerprint density at radius 1 is 1.33 bits per heavy atom. The van der Waals surface area contributed by atoms with Crippen LogP contribution in [0.3, 0.4) is 0 Å². The normalized spacial score (nSPS) is 20.1. The van der Waals surface area contributed by atoms with Gasteiger partial charge in [0, 0.05) is 12.2 Å². The van der Waals surface area contributed by atoms with Crippen LogP contribution in [0, 0.1) is 5.41 Å². The second kappa shape index (κ2) is 4.05. The summed E-state index contributed by atoms with van der Waals surface area (Å²) in [6, 6.07) is 8.11. The Hall–Kier alpha value is -1.42. The molecule has 1 aromatic rings. The molecule has 2 aliphatic rings. The highest BCUT2D eigenvalue weighted by Gasteiger charge is 2.54. The first-order valence-corrected chi connectivity index (χ1v) is 6.76. The first kappa shape index (κ1) is 11.7. The predicted molar refractivity (Wildman–Crippen MR) is 75.6 cm³/mol. The van der Waals surface area contributed by atoms with Crippen LogP contribution in [0.15, 0.2) is 24.3 Å². The molecule has 1 aliphatic carbocycles. The van der Waals surface area contributed by atoms with E-state index in [1.165, 1.54) is 5.56 Å². The number of nitrogens with two attached hydrogens (primary N) is 1. The number of fused-ring (bicyclic) bond motifs is 1. The minimum atomic E-state index is -0.542. The Balaban J connectivity index is 1.95. The third-order valence-electron chi connectivity index (χ3n) is 3.99. The molecule has 1 heterocycles. The molecule has 1 fully saturated rings. The number of rotatable bonds is 2. The fourth-order valence-corrected chi connectivity index (χ4v) is 2.99. The summed E-state index contributed by atoms with van der Waals surface area (Å²) in [6.07, 6.45) is 3.66. The maximum atomic E-state index is 12.6. The Bertz CT molecular complexity index is 522. The van der Waals surface area contributed by atoms with Crippen LogP contribution < -0.4 is 10.6 Å². The van der Waals surface area contributed by atoms with E-state index < -0.39 is 5.41 Å². The maximum Gasteiger partial charge on any atom is 0.240 e. The van der Waals surface area contributed by atoms with Gasteiger partial charge in [-0.05, 0) is 37.3 Å². The van der Waals surface area contributed by atoms with Crippen molar-refractivity contribution in [2.24, 2.45) is 11.1 Å². The summed E-state index contributed by atoms with van der Waals surface area (Å²) in [6.45, 7) is 0.778.